The molecule has 3 heterocycles. The van der Waals surface area contributed by atoms with Gasteiger partial charge in [-0.15, -0.1) is 0 Å². The summed E-state index contributed by atoms with van der Waals surface area (Å²) in [6.07, 6.45) is 12.6. The predicted molar refractivity (Wildman–Crippen MR) is 110 cm³/mol. The van der Waals surface area contributed by atoms with Gasteiger partial charge in [0.25, 0.3) is 5.56 Å². The largest absolute Gasteiger partial charge is 0.490 e. The first-order valence-corrected chi connectivity index (χ1v) is 10.3. The average molecular weight is 378 g/mol. The lowest BCUT2D eigenvalue weighted by Gasteiger charge is -2.32. The van der Waals surface area contributed by atoms with Gasteiger partial charge < -0.3 is 19.2 Å². The van der Waals surface area contributed by atoms with Gasteiger partial charge in [0.05, 0.1) is 5.52 Å². The van der Waals surface area contributed by atoms with E-state index in [0.29, 0.717) is 11.9 Å². The van der Waals surface area contributed by atoms with E-state index in [1.165, 1.54) is 36.6 Å². The van der Waals surface area contributed by atoms with Gasteiger partial charge in [0.2, 0.25) is 0 Å². The highest BCUT2D eigenvalue weighted by Gasteiger charge is 2.24. The molecule has 1 N–H and O–H groups in total. The molecule has 1 saturated heterocycles. The zero-order valence-electron chi connectivity index (χ0n) is 16.0. The Labute approximate surface area is 164 Å². The Morgan fingerprint density at radius 2 is 1.89 bits per heavy atom. The van der Waals surface area contributed by atoms with Gasteiger partial charge in [0, 0.05) is 55.9 Å². The first-order valence-electron chi connectivity index (χ1n) is 10.3. The maximum absolute atomic E-state index is 12.0. The van der Waals surface area contributed by atoms with Crippen LogP contribution in [0.5, 0.6) is 5.75 Å². The van der Waals surface area contributed by atoms with Crippen molar-refractivity contribution in [3.8, 4) is 5.75 Å². The minimum absolute atomic E-state index is 0.125. The monoisotopic (exact) mass is 378 g/mol. The molecule has 6 heteroatoms. The summed E-state index contributed by atoms with van der Waals surface area (Å²) in [5.41, 5.74) is 1.15. The molecule has 0 unspecified atom stereocenters. The molecule has 6 nitrogen and oxygen atoms in total. The van der Waals surface area contributed by atoms with Crippen LogP contribution in [0.25, 0.3) is 10.9 Å². The number of benzene rings is 1. The van der Waals surface area contributed by atoms with E-state index in [1.54, 1.807) is 12.4 Å². The summed E-state index contributed by atoms with van der Waals surface area (Å²) in [5.74, 6) is 1.49. The maximum Gasteiger partial charge on any atom is 0.290 e. The van der Waals surface area contributed by atoms with E-state index >= 15 is 0 Å². The quantitative estimate of drug-likeness (QED) is 0.748. The fourth-order valence-corrected chi connectivity index (χ4v) is 4.70. The fourth-order valence-electron chi connectivity index (χ4n) is 4.70. The van der Waals surface area contributed by atoms with Crippen LogP contribution in [0.3, 0.4) is 0 Å². The van der Waals surface area contributed by atoms with Crippen molar-refractivity contribution in [1.29, 1.82) is 0 Å². The number of nitrogens with zero attached hydrogens (tertiary/aromatic N) is 3. The van der Waals surface area contributed by atoms with Crippen LogP contribution in [0, 0.1) is 0 Å². The second-order valence-electron chi connectivity index (χ2n) is 7.90. The number of aromatic nitrogens is 3. The standard InChI is InChI=1S/C22H26N4O2/c27-22-21(23-11-12-24-22)25-13-8-17(9-14-25)28-20-7-3-6-19-18(20)10-15-26(19)16-4-1-2-5-16/h3,6-7,10-12,15-17H,1-2,4-5,8-9,13-14H2,(H,24,27). The molecule has 5 rings (SSSR count). The van der Waals surface area contributed by atoms with Crippen molar-refractivity contribution in [2.75, 3.05) is 18.0 Å². The summed E-state index contributed by atoms with van der Waals surface area (Å²) < 4.78 is 8.85. The summed E-state index contributed by atoms with van der Waals surface area (Å²) in [6.45, 7) is 1.56. The topological polar surface area (TPSA) is 63.1 Å². The molecule has 0 radical (unpaired) electrons. The Bertz CT molecular complexity index is 1010. The molecule has 1 aliphatic heterocycles. The molecule has 28 heavy (non-hydrogen) atoms. The highest BCUT2D eigenvalue weighted by atomic mass is 16.5. The van der Waals surface area contributed by atoms with Gasteiger partial charge in [0.1, 0.15) is 11.9 Å². The van der Waals surface area contributed by atoms with Gasteiger partial charge in [-0.3, -0.25) is 4.79 Å². The molecule has 1 aliphatic carbocycles. The minimum Gasteiger partial charge on any atom is -0.490 e. The van der Waals surface area contributed by atoms with Crippen LogP contribution in [0.1, 0.15) is 44.6 Å². The Morgan fingerprint density at radius 3 is 2.68 bits per heavy atom. The van der Waals surface area contributed by atoms with E-state index in [0.717, 1.165) is 31.7 Å². The van der Waals surface area contributed by atoms with Crippen molar-refractivity contribution in [1.82, 2.24) is 14.5 Å². The Morgan fingerprint density at radius 1 is 1.07 bits per heavy atom. The highest BCUT2D eigenvalue weighted by molar-refractivity contribution is 5.86. The van der Waals surface area contributed by atoms with Gasteiger partial charge in [-0.1, -0.05) is 18.9 Å². The van der Waals surface area contributed by atoms with Crippen LogP contribution in [-0.2, 0) is 0 Å². The Hall–Kier alpha value is -2.76. The zero-order chi connectivity index (χ0) is 18.9. The lowest BCUT2D eigenvalue weighted by Crippen LogP contribution is -2.41. The van der Waals surface area contributed by atoms with Crippen molar-refractivity contribution in [2.45, 2.75) is 50.7 Å². The minimum atomic E-state index is -0.125. The summed E-state index contributed by atoms with van der Waals surface area (Å²) in [4.78, 5) is 20.9. The smallest absolute Gasteiger partial charge is 0.290 e. The van der Waals surface area contributed by atoms with E-state index in [-0.39, 0.29) is 11.7 Å². The molecule has 0 amide bonds. The van der Waals surface area contributed by atoms with Crippen LogP contribution >= 0.6 is 0 Å². The molecule has 0 atom stereocenters. The molecule has 1 aromatic carbocycles. The second kappa shape index (κ2) is 7.34. The van der Waals surface area contributed by atoms with Crippen molar-refractivity contribution in [2.24, 2.45) is 0 Å². The van der Waals surface area contributed by atoms with Crippen LogP contribution in [0.4, 0.5) is 5.82 Å². The van der Waals surface area contributed by atoms with Gasteiger partial charge in [0.15, 0.2) is 5.82 Å². The number of anilines is 1. The molecular weight excluding hydrogens is 352 g/mol. The van der Waals surface area contributed by atoms with Gasteiger partial charge in [-0.2, -0.15) is 0 Å². The first-order chi connectivity index (χ1) is 13.8. The lowest BCUT2D eigenvalue weighted by molar-refractivity contribution is 0.173. The molecule has 146 valence electrons. The van der Waals surface area contributed by atoms with E-state index in [4.69, 9.17) is 4.74 Å². The van der Waals surface area contributed by atoms with E-state index in [9.17, 15) is 4.79 Å². The number of rotatable bonds is 4. The summed E-state index contributed by atoms with van der Waals surface area (Å²) in [5, 5.41) is 1.21. The second-order valence-corrected chi connectivity index (χ2v) is 7.90. The normalized spacial score (nSPS) is 18.8. The highest BCUT2D eigenvalue weighted by Crippen LogP contribution is 2.36. The lowest BCUT2D eigenvalue weighted by atomic mass is 10.1. The third-order valence-corrected chi connectivity index (χ3v) is 6.17. The molecular formula is C22H26N4O2. The third kappa shape index (κ3) is 3.17. The van der Waals surface area contributed by atoms with Crippen LogP contribution in [-0.4, -0.2) is 33.7 Å². The van der Waals surface area contributed by atoms with Crippen LogP contribution < -0.4 is 15.2 Å². The molecule has 1 saturated carbocycles. The van der Waals surface area contributed by atoms with E-state index in [2.05, 4.69) is 49.9 Å². The van der Waals surface area contributed by atoms with Crippen molar-refractivity contribution in [3.63, 3.8) is 0 Å². The number of hydrogen-bond donors (Lipinski definition) is 1. The average Bonchev–Trinajstić information content (AvgIpc) is 3.39. The molecule has 2 aromatic heterocycles. The van der Waals surface area contributed by atoms with Gasteiger partial charge in [-0.05, 0) is 31.0 Å². The van der Waals surface area contributed by atoms with Crippen molar-refractivity contribution >= 4 is 16.7 Å². The number of hydrogen-bond acceptors (Lipinski definition) is 4. The molecule has 0 bridgehead atoms. The van der Waals surface area contributed by atoms with Crippen LogP contribution in [0.15, 0.2) is 47.7 Å². The van der Waals surface area contributed by atoms with Crippen molar-refractivity contribution in [3.05, 3.63) is 53.2 Å². The van der Waals surface area contributed by atoms with Gasteiger partial charge >= 0.3 is 0 Å². The van der Waals surface area contributed by atoms with Crippen molar-refractivity contribution < 1.29 is 4.74 Å². The summed E-state index contributed by atoms with van der Waals surface area (Å²) >= 11 is 0. The van der Waals surface area contributed by atoms with Crippen LogP contribution in [0.2, 0.25) is 0 Å². The summed E-state index contributed by atoms with van der Waals surface area (Å²) in [7, 11) is 0. The molecule has 0 spiro atoms. The predicted octanol–water partition coefficient (Wildman–Crippen LogP) is 3.89. The Kier molecular flexibility index (Phi) is 4.55. The number of nitrogens with one attached hydrogen (secondary N) is 1. The molecule has 3 aromatic rings. The summed E-state index contributed by atoms with van der Waals surface area (Å²) in [6, 6.07) is 9.22. The van der Waals surface area contributed by atoms with Gasteiger partial charge in [-0.25, -0.2) is 4.98 Å². The zero-order valence-corrected chi connectivity index (χ0v) is 16.0. The number of H-pyrrole nitrogens is 1. The van der Waals surface area contributed by atoms with E-state index < -0.39 is 0 Å². The molecule has 2 fully saturated rings. The number of ether oxygens (including phenoxy) is 1. The number of piperidine rings is 1. The Balaban J connectivity index is 1.30. The fraction of sp³-hybridized carbons (Fsp3) is 0.455. The number of fused-ring (bicyclic) bond motifs is 1. The number of aromatic amines is 1. The maximum atomic E-state index is 12.0. The SMILES string of the molecule is O=c1[nH]ccnc1N1CCC(Oc2cccc3c2ccn3C2CCCC2)CC1. The third-order valence-electron chi connectivity index (χ3n) is 6.17. The molecule has 2 aliphatic rings. The van der Waals surface area contributed by atoms with E-state index in [1.807, 2.05) is 0 Å². The first kappa shape index (κ1) is 17.3.